The molecular weight excluding hydrogens is 320 g/mol. The summed E-state index contributed by atoms with van der Waals surface area (Å²) < 4.78 is 2.16. The highest BCUT2D eigenvalue weighted by Crippen LogP contribution is 2.25. The molecule has 6 heteroatoms. The highest BCUT2D eigenvalue weighted by Gasteiger charge is 2.17. The number of carbonyl (C=O) groups excluding carboxylic acids is 1. The second-order valence-electron chi connectivity index (χ2n) is 4.44. The number of rotatable bonds is 1. The standard InChI is InChI=1S/C14H11BrN4O/c1-8-5-9-3-2-4-10(16)13(9)19(8)14(20)11-6-18-12(15)7-17-11/h2-7H,16H2,1H3. The molecule has 100 valence electrons. The number of hydrogen-bond acceptors (Lipinski definition) is 4. The summed E-state index contributed by atoms with van der Waals surface area (Å²) in [4.78, 5) is 20.7. The maximum absolute atomic E-state index is 12.6. The van der Waals surface area contributed by atoms with E-state index in [1.54, 1.807) is 10.6 Å². The fourth-order valence-corrected chi connectivity index (χ4v) is 2.42. The monoisotopic (exact) mass is 330 g/mol. The second-order valence-corrected chi connectivity index (χ2v) is 5.25. The van der Waals surface area contributed by atoms with Crippen molar-refractivity contribution in [1.82, 2.24) is 14.5 Å². The van der Waals surface area contributed by atoms with E-state index < -0.39 is 0 Å². The summed E-state index contributed by atoms with van der Waals surface area (Å²) in [6.07, 6.45) is 2.94. The Bertz CT molecular complexity index is 808. The Kier molecular flexibility index (Phi) is 3.02. The number of nitrogens with zero attached hydrogens (tertiary/aromatic N) is 3. The number of nitrogens with two attached hydrogens (primary N) is 1. The zero-order valence-electron chi connectivity index (χ0n) is 10.7. The van der Waals surface area contributed by atoms with Gasteiger partial charge in [0.1, 0.15) is 10.3 Å². The molecule has 20 heavy (non-hydrogen) atoms. The van der Waals surface area contributed by atoms with Crippen LogP contribution in [-0.2, 0) is 0 Å². The van der Waals surface area contributed by atoms with Gasteiger partial charge in [0.05, 0.1) is 23.6 Å². The molecule has 2 N–H and O–H groups in total. The van der Waals surface area contributed by atoms with Crippen LogP contribution in [0.5, 0.6) is 0 Å². The number of aromatic nitrogens is 3. The van der Waals surface area contributed by atoms with E-state index >= 15 is 0 Å². The molecular formula is C14H11BrN4O. The third kappa shape index (κ3) is 1.98. The summed E-state index contributed by atoms with van der Waals surface area (Å²) in [6.45, 7) is 1.86. The van der Waals surface area contributed by atoms with E-state index in [1.165, 1.54) is 12.4 Å². The average molecular weight is 331 g/mol. The van der Waals surface area contributed by atoms with Gasteiger partial charge in [-0.3, -0.25) is 9.36 Å². The van der Waals surface area contributed by atoms with Crippen LogP contribution in [0.3, 0.4) is 0 Å². The van der Waals surface area contributed by atoms with Gasteiger partial charge in [0.2, 0.25) is 0 Å². The maximum atomic E-state index is 12.6. The van der Waals surface area contributed by atoms with Crippen LogP contribution >= 0.6 is 15.9 Å². The smallest absolute Gasteiger partial charge is 0.282 e. The van der Waals surface area contributed by atoms with E-state index in [1.807, 2.05) is 25.1 Å². The lowest BCUT2D eigenvalue weighted by molar-refractivity contribution is 0.0958. The molecule has 2 heterocycles. The molecule has 0 amide bonds. The van der Waals surface area contributed by atoms with Crippen molar-refractivity contribution in [1.29, 1.82) is 0 Å². The van der Waals surface area contributed by atoms with Crippen LogP contribution in [0.25, 0.3) is 10.9 Å². The minimum absolute atomic E-state index is 0.240. The number of nitrogen functional groups attached to an aromatic ring is 1. The molecule has 0 aliphatic heterocycles. The summed E-state index contributed by atoms with van der Waals surface area (Å²) in [7, 11) is 0. The van der Waals surface area contributed by atoms with Crippen LogP contribution < -0.4 is 5.73 Å². The van der Waals surface area contributed by atoms with Crippen molar-refractivity contribution in [3.63, 3.8) is 0 Å². The molecule has 1 aromatic carbocycles. The summed E-state index contributed by atoms with van der Waals surface area (Å²) in [5.41, 5.74) is 8.35. The molecule has 0 radical (unpaired) electrons. The number of para-hydroxylation sites is 1. The van der Waals surface area contributed by atoms with Gasteiger partial charge in [0.25, 0.3) is 5.91 Å². The molecule has 3 rings (SSSR count). The third-order valence-electron chi connectivity index (χ3n) is 3.08. The summed E-state index contributed by atoms with van der Waals surface area (Å²) in [5.74, 6) is -0.240. The lowest BCUT2D eigenvalue weighted by Gasteiger charge is -2.07. The molecule has 0 saturated heterocycles. The highest BCUT2D eigenvalue weighted by molar-refractivity contribution is 9.10. The van der Waals surface area contributed by atoms with Gasteiger partial charge in [0.15, 0.2) is 0 Å². The normalized spacial score (nSPS) is 10.9. The third-order valence-corrected chi connectivity index (χ3v) is 3.49. The minimum atomic E-state index is -0.240. The van der Waals surface area contributed by atoms with Gasteiger partial charge in [0, 0.05) is 11.1 Å². The molecule has 0 saturated carbocycles. The van der Waals surface area contributed by atoms with E-state index in [0.29, 0.717) is 15.8 Å². The Balaban J connectivity index is 2.21. The highest BCUT2D eigenvalue weighted by atomic mass is 79.9. The lowest BCUT2D eigenvalue weighted by Crippen LogP contribution is -2.15. The van der Waals surface area contributed by atoms with Crippen LogP contribution in [0.2, 0.25) is 0 Å². The van der Waals surface area contributed by atoms with E-state index in [9.17, 15) is 4.79 Å². The van der Waals surface area contributed by atoms with Crippen molar-refractivity contribution in [2.75, 3.05) is 5.73 Å². The van der Waals surface area contributed by atoms with Gasteiger partial charge < -0.3 is 5.73 Å². The predicted octanol–water partition coefficient (Wildman–Crippen LogP) is 2.77. The maximum Gasteiger partial charge on any atom is 0.282 e. The summed E-state index contributed by atoms with van der Waals surface area (Å²) >= 11 is 3.20. The molecule has 5 nitrogen and oxygen atoms in total. The van der Waals surface area contributed by atoms with Crippen LogP contribution in [0.15, 0.2) is 41.3 Å². The molecule has 0 fully saturated rings. The minimum Gasteiger partial charge on any atom is -0.397 e. The van der Waals surface area contributed by atoms with E-state index in [-0.39, 0.29) is 11.6 Å². The number of anilines is 1. The van der Waals surface area contributed by atoms with Gasteiger partial charge in [-0.05, 0) is 35.0 Å². The van der Waals surface area contributed by atoms with Gasteiger partial charge >= 0.3 is 0 Å². The Labute approximate surface area is 123 Å². The zero-order valence-corrected chi connectivity index (χ0v) is 12.3. The molecule has 0 aliphatic rings. The zero-order chi connectivity index (χ0) is 14.3. The average Bonchev–Trinajstić information content (AvgIpc) is 2.76. The van der Waals surface area contributed by atoms with Crippen LogP contribution in [-0.4, -0.2) is 20.4 Å². The second kappa shape index (κ2) is 4.72. The molecule has 0 aliphatic carbocycles. The van der Waals surface area contributed by atoms with E-state index in [0.717, 1.165) is 11.1 Å². The Morgan fingerprint density at radius 3 is 2.80 bits per heavy atom. The molecule has 3 aromatic rings. The van der Waals surface area contributed by atoms with Gasteiger partial charge in [-0.25, -0.2) is 9.97 Å². The van der Waals surface area contributed by atoms with Crippen molar-refractivity contribution < 1.29 is 4.79 Å². The topological polar surface area (TPSA) is 73.8 Å². The van der Waals surface area contributed by atoms with Crippen LogP contribution in [0.1, 0.15) is 16.2 Å². The number of halogens is 1. The van der Waals surface area contributed by atoms with Crippen molar-refractivity contribution in [3.8, 4) is 0 Å². The first-order valence-electron chi connectivity index (χ1n) is 5.96. The number of aryl methyl sites for hydroxylation is 1. The fourth-order valence-electron chi connectivity index (χ4n) is 2.22. The van der Waals surface area contributed by atoms with Crippen molar-refractivity contribution in [2.45, 2.75) is 6.92 Å². The van der Waals surface area contributed by atoms with Crippen LogP contribution in [0.4, 0.5) is 5.69 Å². The van der Waals surface area contributed by atoms with Gasteiger partial charge in [-0.2, -0.15) is 0 Å². The first kappa shape index (κ1) is 12.8. The largest absolute Gasteiger partial charge is 0.397 e. The predicted molar refractivity (Wildman–Crippen MR) is 80.5 cm³/mol. The van der Waals surface area contributed by atoms with E-state index in [4.69, 9.17) is 5.73 Å². The molecule has 0 spiro atoms. The number of benzene rings is 1. The quantitative estimate of drug-likeness (QED) is 0.696. The summed E-state index contributed by atoms with van der Waals surface area (Å²) in [6, 6.07) is 7.50. The Hall–Kier alpha value is -2.21. The SMILES string of the molecule is Cc1cc2cccc(N)c2n1C(=O)c1cnc(Br)cn1. The molecule has 0 unspecified atom stereocenters. The first-order valence-corrected chi connectivity index (χ1v) is 6.76. The fraction of sp³-hybridized carbons (Fsp3) is 0.0714. The molecule has 0 bridgehead atoms. The Morgan fingerprint density at radius 1 is 1.30 bits per heavy atom. The Morgan fingerprint density at radius 2 is 2.10 bits per heavy atom. The summed E-state index contributed by atoms with van der Waals surface area (Å²) in [5, 5.41) is 0.931. The van der Waals surface area contributed by atoms with Crippen molar-refractivity contribution >= 4 is 38.4 Å². The van der Waals surface area contributed by atoms with E-state index in [2.05, 4.69) is 25.9 Å². The number of carbonyl (C=O) groups is 1. The molecule has 2 aromatic heterocycles. The number of fused-ring (bicyclic) bond motifs is 1. The molecule has 0 atom stereocenters. The van der Waals surface area contributed by atoms with Crippen LogP contribution in [0, 0.1) is 6.92 Å². The van der Waals surface area contributed by atoms with Crippen molar-refractivity contribution in [3.05, 3.63) is 52.7 Å². The number of hydrogen-bond donors (Lipinski definition) is 1. The lowest BCUT2D eigenvalue weighted by atomic mass is 10.2. The van der Waals surface area contributed by atoms with Gasteiger partial charge in [-0.1, -0.05) is 12.1 Å². The van der Waals surface area contributed by atoms with Crippen molar-refractivity contribution in [2.24, 2.45) is 0 Å². The first-order chi connectivity index (χ1) is 9.58. The van der Waals surface area contributed by atoms with Gasteiger partial charge in [-0.15, -0.1) is 0 Å².